The summed E-state index contributed by atoms with van der Waals surface area (Å²) in [6.45, 7) is 7.81. The summed E-state index contributed by atoms with van der Waals surface area (Å²) in [4.78, 5) is 12.5. The Bertz CT molecular complexity index is 493. The zero-order valence-electron chi connectivity index (χ0n) is 12.7. The van der Waals surface area contributed by atoms with Crippen LogP contribution in [0.4, 0.5) is 5.69 Å². The molecule has 112 valence electrons. The highest BCUT2D eigenvalue weighted by atomic mass is 79.9. The molecule has 1 amide bonds. The number of halogens is 1. The Morgan fingerprint density at radius 3 is 2.45 bits per heavy atom. The van der Waals surface area contributed by atoms with Gasteiger partial charge in [0.1, 0.15) is 0 Å². The summed E-state index contributed by atoms with van der Waals surface area (Å²) < 4.78 is 6.08. The smallest absolute Gasteiger partial charge is 0.231 e. The molecule has 3 N–H and O–H groups in total. The van der Waals surface area contributed by atoms with E-state index in [1.807, 2.05) is 45.9 Å². The van der Waals surface area contributed by atoms with Crippen molar-refractivity contribution in [2.75, 3.05) is 12.4 Å². The van der Waals surface area contributed by atoms with E-state index >= 15 is 0 Å². The van der Waals surface area contributed by atoms with E-state index in [0.29, 0.717) is 6.61 Å². The number of benzene rings is 1. The van der Waals surface area contributed by atoms with Crippen LogP contribution in [-0.2, 0) is 16.1 Å². The topological polar surface area (TPSA) is 64.3 Å². The van der Waals surface area contributed by atoms with E-state index in [1.54, 1.807) is 7.11 Å². The highest BCUT2D eigenvalue weighted by Gasteiger charge is 2.40. The van der Waals surface area contributed by atoms with Crippen LogP contribution in [0.2, 0.25) is 0 Å². The number of methoxy groups -OCH3 is 1. The van der Waals surface area contributed by atoms with Gasteiger partial charge in [0.05, 0.1) is 12.0 Å². The molecule has 0 unspecified atom stereocenters. The third-order valence-electron chi connectivity index (χ3n) is 3.83. The lowest BCUT2D eigenvalue weighted by Gasteiger charge is -2.37. The van der Waals surface area contributed by atoms with Crippen LogP contribution < -0.4 is 11.1 Å². The fraction of sp³-hybridized carbons (Fsp3) is 0.533. The molecular weight excluding hydrogens is 320 g/mol. The molecule has 0 aliphatic rings. The van der Waals surface area contributed by atoms with Gasteiger partial charge >= 0.3 is 0 Å². The number of carbonyl (C=O) groups is 1. The van der Waals surface area contributed by atoms with Gasteiger partial charge in [-0.25, -0.2) is 0 Å². The molecular formula is C15H23BrN2O2. The van der Waals surface area contributed by atoms with Gasteiger partial charge in [-0.05, 0) is 39.8 Å². The molecule has 1 aromatic rings. The lowest BCUT2D eigenvalue weighted by atomic mass is 9.74. The summed E-state index contributed by atoms with van der Waals surface area (Å²) in [7, 11) is 1.62. The van der Waals surface area contributed by atoms with Gasteiger partial charge in [-0.15, -0.1) is 0 Å². The molecule has 0 spiro atoms. The fourth-order valence-corrected chi connectivity index (χ4v) is 2.02. The lowest BCUT2D eigenvalue weighted by Crippen LogP contribution is -2.53. The van der Waals surface area contributed by atoms with Crippen molar-refractivity contribution in [3.8, 4) is 0 Å². The van der Waals surface area contributed by atoms with Crippen molar-refractivity contribution < 1.29 is 9.53 Å². The standard InChI is InChI=1S/C15H23BrN2O2/c1-14(2,15(3,4)17)13(19)18-12-8-6-7-11(16)10(12)9-20-5/h6-8H,9,17H2,1-5H3,(H,18,19). The summed E-state index contributed by atoms with van der Waals surface area (Å²) >= 11 is 3.47. The van der Waals surface area contributed by atoms with Crippen molar-refractivity contribution in [3.05, 3.63) is 28.2 Å². The number of anilines is 1. The molecule has 5 heteroatoms. The number of amides is 1. The Labute approximate surface area is 129 Å². The van der Waals surface area contributed by atoms with E-state index < -0.39 is 11.0 Å². The summed E-state index contributed by atoms with van der Waals surface area (Å²) in [6, 6.07) is 5.65. The predicted molar refractivity (Wildman–Crippen MR) is 85.5 cm³/mol. The van der Waals surface area contributed by atoms with Crippen LogP contribution in [0.5, 0.6) is 0 Å². The molecule has 0 aromatic heterocycles. The first-order valence-corrected chi connectivity index (χ1v) is 7.27. The molecule has 0 aliphatic carbocycles. The first kappa shape index (κ1) is 17.1. The minimum absolute atomic E-state index is 0.111. The normalized spacial score (nSPS) is 12.3. The Kier molecular flexibility index (Phi) is 5.35. The average Bonchev–Trinajstić information content (AvgIpc) is 2.32. The van der Waals surface area contributed by atoms with Crippen LogP contribution in [0.3, 0.4) is 0 Å². The molecule has 1 aromatic carbocycles. The third kappa shape index (κ3) is 3.59. The zero-order chi connectivity index (χ0) is 15.6. The molecule has 0 radical (unpaired) electrons. The van der Waals surface area contributed by atoms with Gasteiger partial charge in [0, 0.05) is 28.4 Å². The van der Waals surface area contributed by atoms with Gasteiger partial charge in [0.25, 0.3) is 0 Å². The van der Waals surface area contributed by atoms with E-state index in [2.05, 4.69) is 21.2 Å². The maximum atomic E-state index is 12.5. The van der Waals surface area contributed by atoms with E-state index in [4.69, 9.17) is 10.5 Å². The van der Waals surface area contributed by atoms with Gasteiger partial charge in [-0.1, -0.05) is 22.0 Å². The number of hydrogen-bond donors (Lipinski definition) is 2. The van der Waals surface area contributed by atoms with Crippen molar-refractivity contribution in [1.82, 2.24) is 0 Å². The first-order chi connectivity index (χ1) is 9.11. The highest BCUT2D eigenvalue weighted by molar-refractivity contribution is 9.10. The lowest BCUT2D eigenvalue weighted by molar-refractivity contribution is -0.126. The van der Waals surface area contributed by atoms with Gasteiger partial charge in [-0.3, -0.25) is 4.79 Å². The summed E-state index contributed by atoms with van der Waals surface area (Å²) in [6.07, 6.45) is 0. The van der Waals surface area contributed by atoms with Crippen molar-refractivity contribution in [1.29, 1.82) is 0 Å². The maximum absolute atomic E-state index is 12.5. The Hall–Kier alpha value is -0.910. The zero-order valence-corrected chi connectivity index (χ0v) is 14.3. The van der Waals surface area contributed by atoms with Crippen LogP contribution >= 0.6 is 15.9 Å². The van der Waals surface area contributed by atoms with Crippen molar-refractivity contribution in [2.45, 2.75) is 39.8 Å². The summed E-state index contributed by atoms with van der Waals surface area (Å²) in [5.41, 5.74) is 6.43. The molecule has 0 fully saturated rings. The summed E-state index contributed by atoms with van der Waals surface area (Å²) in [5, 5.41) is 2.95. The molecule has 1 rings (SSSR count). The number of ether oxygens (including phenoxy) is 1. The molecule has 0 saturated carbocycles. The Morgan fingerprint density at radius 2 is 1.95 bits per heavy atom. The predicted octanol–water partition coefficient (Wildman–Crippen LogP) is 3.30. The van der Waals surface area contributed by atoms with Gasteiger partial charge in [-0.2, -0.15) is 0 Å². The first-order valence-electron chi connectivity index (χ1n) is 6.48. The minimum atomic E-state index is -0.695. The highest BCUT2D eigenvalue weighted by Crippen LogP contribution is 2.32. The van der Waals surface area contributed by atoms with Crippen LogP contribution in [-0.4, -0.2) is 18.6 Å². The molecule has 4 nitrogen and oxygen atoms in total. The van der Waals surface area contributed by atoms with Gasteiger partial charge < -0.3 is 15.8 Å². The average molecular weight is 343 g/mol. The third-order valence-corrected chi connectivity index (χ3v) is 4.58. The SMILES string of the molecule is COCc1c(Br)cccc1NC(=O)C(C)(C)C(C)(C)N. The van der Waals surface area contributed by atoms with Crippen molar-refractivity contribution in [3.63, 3.8) is 0 Å². The number of rotatable bonds is 5. The maximum Gasteiger partial charge on any atom is 0.231 e. The quantitative estimate of drug-likeness (QED) is 0.862. The fourth-order valence-electron chi connectivity index (χ4n) is 1.54. The van der Waals surface area contributed by atoms with Crippen LogP contribution in [0.25, 0.3) is 0 Å². The molecule has 0 saturated heterocycles. The minimum Gasteiger partial charge on any atom is -0.380 e. The Morgan fingerprint density at radius 1 is 1.35 bits per heavy atom. The van der Waals surface area contributed by atoms with Crippen LogP contribution in [0, 0.1) is 5.41 Å². The van der Waals surface area contributed by atoms with Crippen LogP contribution in [0.1, 0.15) is 33.3 Å². The van der Waals surface area contributed by atoms with Crippen molar-refractivity contribution in [2.24, 2.45) is 11.1 Å². The summed E-state index contributed by atoms with van der Waals surface area (Å²) in [5.74, 6) is -0.111. The molecule has 0 heterocycles. The second kappa shape index (κ2) is 6.24. The molecule has 0 bridgehead atoms. The largest absolute Gasteiger partial charge is 0.380 e. The van der Waals surface area contributed by atoms with E-state index in [1.165, 1.54) is 0 Å². The number of nitrogens with one attached hydrogen (secondary N) is 1. The molecule has 20 heavy (non-hydrogen) atoms. The Balaban J connectivity index is 3.05. The van der Waals surface area contributed by atoms with Crippen molar-refractivity contribution >= 4 is 27.5 Å². The second-order valence-electron chi connectivity index (χ2n) is 6.00. The second-order valence-corrected chi connectivity index (χ2v) is 6.85. The van der Waals surface area contributed by atoms with E-state index in [-0.39, 0.29) is 5.91 Å². The van der Waals surface area contributed by atoms with Crippen LogP contribution in [0.15, 0.2) is 22.7 Å². The molecule has 0 aliphatic heterocycles. The number of carbonyl (C=O) groups excluding carboxylic acids is 1. The van der Waals surface area contributed by atoms with E-state index in [0.717, 1.165) is 15.7 Å². The van der Waals surface area contributed by atoms with Gasteiger partial charge in [0.2, 0.25) is 5.91 Å². The van der Waals surface area contributed by atoms with Gasteiger partial charge in [0.15, 0.2) is 0 Å². The monoisotopic (exact) mass is 342 g/mol. The molecule has 0 atom stereocenters. The number of nitrogens with two attached hydrogens (primary N) is 1. The number of hydrogen-bond acceptors (Lipinski definition) is 3. The van der Waals surface area contributed by atoms with E-state index in [9.17, 15) is 4.79 Å².